The first-order valence-electron chi connectivity index (χ1n) is 13.4. The zero-order valence-corrected chi connectivity index (χ0v) is 24.4. The van der Waals surface area contributed by atoms with Crippen molar-refractivity contribution in [2.75, 3.05) is 32.5 Å². The molecule has 230 valence electrons. The van der Waals surface area contributed by atoms with Crippen molar-refractivity contribution in [3.8, 4) is 5.75 Å². The van der Waals surface area contributed by atoms with Crippen LogP contribution in [0.4, 0.5) is 17.6 Å². The summed E-state index contributed by atoms with van der Waals surface area (Å²) >= 11 is 0. The minimum Gasteiger partial charge on any atom is -0.497 e. The molecule has 0 radical (unpaired) electrons. The molecule has 41 heavy (non-hydrogen) atoms. The number of ether oxygens (including phenoxy) is 2. The topological polar surface area (TPSA) is 111 Å². The Labute approximate surface area is 239 Å². The molecule has 0 amide bonds. The highest BCUT2D eigenvalue weighted by Crippen LogP contribution is 2.30. The van der Waals surface area contributed by atoms with Gasteiger partial charge in [-0.3, -0.25) is 4.79 Å². The van der Waals surface area contributed by atoms with Gasteiger partial charge in [-0.1, -0.05) is 26.0 Å². The van der Waals surface area contributed by atoms with E-state index in [1.807, 2.05) is 19.9 Å². The largest absolute Gasteiger partial charge is 0.497 e. The van der Waals surface area contributed by atoms with Gasteiger partial charge in [0.25, 0.3) is 0 Å². The number of methoxy groups -OCH3 is 1. The van der Waals surface area contributed by atoms with E-state index in [0.717, 1.165) is 17.7 Å². The monoisotopic (exact) mass is 605 g/mol. The van der Waals surface area contributed by atoms with E-state index in [1.165, 1.54) is 11.4 Å². The number of nitrogens with zero attached hydrogens (tertiary/aromatic N) is 1. The van der Waals surface area contributed by atoms with E-state index in [0.29, 0.717) is 44.3 Å². The van der Waals surface area contributed by atoms with E-state index in [2.05, 4.69) is 5.32 Å². The van der Waals surface area contributed by atoms with Crippen LogP contribution in [0.3, 0.4) is 0 Å². The van der Waals surface area contributed by atoms with Gasteiger partial charge in [0.2, 0.25) is 10.0 Å². The van der Waals surface area contributed by atoms with Crippen molar-refractivity contribution in [3.63, 3.8) is 0 Å². The molecule has 0 spiro atoms. The summed E-state index contributed by atoms with van der Waals surface area (Å²) in [4.78, 5) is 12.7. The van der Waals surface area contributed by atoms with Crippen molar-refractivity contribution < 1.29 is 40.2 Å². The van der Waals surface area contributed by atoms with Crippen LogP contribution in [0.5, 0.6) is 5.75 Å². The van der Waals surface area contributed by atoms with Crippen LogP contribution in [0, 0.1) is 5.82 Å². The van der Waals surface area contributed by atoms with Gasteiger partial charge in [-0.2, -0.15) is 13.2 Å². The van der Waals surface area contributed by atoms with E-state index >= 15 is 0 Å². The van der Waals surface area contributed by atoms with Crippen LogP contribution in [-0.4, -0.2) is 63.3 Å². The van der Waals surface area contributed by atoms with Gasteiger partial charge in [-0.05, 0) is 60.7 Å². The second-order valence-electron chi connectivity index (χ2n) is 9.69. The maximum Gasteiger partial charge on any atom is 0.416 e. The van der Waals surface area contributed by atoms with E-state index in [4.69, 9.17) is 15.2 Å². The highest BCUT2D eigenvalue weighted by atomic mass is 32.2. The molecule has 13 heteroatoms. The van der Waals surface area contributed by atoms with Gasteiger partial charge >= 0.3 is 12.1 Å². The number of sulfonamides is 1. The lowest BCUT2D eigenvalue weighted by atomic mass is 9.99. The van der Waals surface area contributed by atoms with Crippen molar-refractivity contribution in [1.82, 2.24) is 9.62 Å². The van der Waals surface area contributed by atoms with E-state index < -0.39 is 57.9 Å². The Morgan fingerprint density at radius 2 is 1.76 bits per heavy atom. The number of carbonyl (C=O) groups excluding carboxylic acids is 1. The van der Waals surface area contributed by atoms with Crippen molar-refractivity contribution >= 4 is 16.0 Å². The quantitative estimate of drug-likeness (QED) is 0.205. The van der Waals surface area contributed by atoms with Crippen LogP contribution >= 0.6 is 0 Å². The highest BCUT2D eigenvalue weighted by molar-refractivity contribution is 7.89. The molecule has 0 saturated carbocycles. The van der Waals surface area contributed by atoms with Crippen molar-refractivity contribution in [2.45, 2.75) is 64.4 Å². The molecule has 0 aromatic heterocycles. The van der Waals surface area contributed by atoms with Gasteiger partial charge in [0, 0.05) is 32.2 Å². The second-order valence-corrected chi connectivity index (χ2v) is 11.8. The lowest BCUT2D eigenvalue weighted by molar-refractivity contribution is -0.149. The fourth-order valence-electron chi connectivity index (χ4n) is 4.22. The average Bonchev–Trinajstić information content (AvgIpc) is 2.90. The molecule has 0 saturated heterocycles. The molecular formula is C28H39F4N3O5S. The third-order valence-electron chi connectivity index (χ3n) is 6.23. The number of alkyl halides is 3. The summed E-state index contributed by atoms with van der Waals surface area (Å²) in [6.07, 6.45) is -5.20. The van der Waals surface area contributed by atoms with Crippen molar-refractivity contribution in [1.29, 1.82) is 0 Å². The zero-order valence-electron chi connectivity index (χ0n) is 23.5. The van der Waals surface area contributed by atoms with Gasteiger partial charge in [-0.25, -0.2) is 17.1 Å². The molecule has 0 aliphatic rings. The van der Waals surface area contributed by atoms with Gasteiger partial charge in [0.15, 0.2) is 0 Å². The lowest BCUT2D eigenvalue weighted by Gasteiger charge is -2.26. The molecular weight excluding hydrogens is 566 g/mol. The SMILES string of the molecule is CCCN(CCC)S(=O)(=O)CCC(=O)O[C@H](CNCc1cccc(OC)c1)[C@@H](N)Cc1cc(F)cc(C(F)(F)F)c1. The molecule has 0 aliphatic heterocycles. The predicted molar refractivity (Wildman–Crippen MR) is 148 cm³/mol. The number of hydrogen-bond donors (Lipinski definition) is 2. The molecule has 2 aromatic carbocycles. The molecule has 8 nitrogen and oxygen atoms in total. The van der Waals surface area contributed by atoms with Crippen LogP contribution in [0.2, 0.25) is 0 Å². The molecule has 0 heterocycles. The Kier molecular flexibility index (Phi) is 13.5. The molecule has 2 rings (SSSR count). The Morgan fingerprint density at radius 3 is 2.37 bits per heavy atom. The van der Waals surface area contributed by atoms with Gasteiger partial charge in [-0.15, -0.1) is 0 Å². The van der Waals surface area contributed by atoms with Crippen molar-refractivity contribution in [2.24, 2.45) is 5.73 Å². The summed E-state index contributed by atoms with van der Waals surface area (Å²) in [6.45, 7) is 4.71. The summed E-state index contributed by atoms with van der Waals surface area (Å²) < 4.78 is 91.1. The average molecular weight is 606 g/mol. The summed E-state index contributed by atoms with van der Waals surface area (Å²) in [5, 5.41) is 3.10. The minimum absolute atomic E-state index is 0.0100. The number of nitrogens with two attached hydrogens (primary N) is 1. The van der Waals surface area contributed by atoms with E-state index in [9.17, 15) is 30.8 Å². The molecule has 2 atom stereocenters. The second kappa shape index (κ2) is 16.0. The molecule has 0 unspecified atom stereocenters. The first kappa shape index (κ1) is 34.5. The number of benzene rings is 2. The molecule has 0 bridgehead atoms. The third kappa shape index (κ3) is 11.6. The molecule has 0 aliphatic carbocycles. The number of carbonyl (C=O) groups is 1. The van der Waals surface area contributed by atoms with Crippen LogP contribution in [-0.2, 0) is 38.7 Å². The summed E-state index contributed by atoms with van der Waals surface area (Å²) in [7, 11) is -2.17. The molecule has 2 aromatic rings. The lowest BCUT2D eigenvalue weighted by Crippen LogP contribution is -2.46. The first-order valence-corrected chi connectivity index (χ1v) is 15.0. The van der Waals surface area contributed by atoms with Crippen molar-refractivity contribution in [3.05, 3.63) is 65.0 Å². The summed E-state index contributed by atoms with van der Waals surface area (Å²) in [5.41, 5.74) is 5.95. The fraction of sp³-hybridized carbons (Fsp3) is 0.536. The maximum absolute atomic E-state index is 13.9. The fourth-order valence-corrected chi connectivity index (χ4v) is 5.82. The molecule has 0 fully saturated rings. The smallest absolute Gasteiger partial charge is 0.416 e. The summed E-state index contributed by atoms with van der Waals surface area (Å²) in [5.74, 6) is -1.71. The number of halogens is 4. The van der Waals surface area contributed by atoms with E-state index in [-0.39, 0.29) is 18.5 Å². The maximum atomic E-state index is 13.9. The van der Waals surface area contributed by atoms with E-state index in [1.54, 1.807) is 18.2 Å². The van der Waals surface area contributed by atoms with Crippen LogP contribution < -0.4 is 15.8 Å². The Balaban J connectivity index is 2.16. The third-order valence-corrected chi connectivity index (χ3v) is 8.10. The standard InChI is InChI=1S/C28H39F4N3O5S/c1-4-10-35(11-5-2)41(37,38)12-9-27(36)40-26(19-34-18-20-7-6-8-24(15-20)39-3)25(33)16-21-13-22(28(30,31)32)17-23(29)14-21/h6-8,13-15,17,25-26,34H,4-5,9-12,16,18-19,33H2,1-3H3/t25-,26+/m0/s1. The number of nitrogens with one attached hydrogen (secondary N) is 1. The van der Waals surface area contributed by atoms with Crippen LogP contribution in [0.25, 0.3) is 0 Å². The zero-order chi connectivity index (χ0) is 30.6. The number of esters is 1. The normalized spacial score (nSPS) is 13.7. The van der Waals surface area contributed by atoms with Gasteiger partial charge in [0.1, 0.15) is 17.7 Å². The number of rotatable bonds is 17. The highest BCUT2D eigenvalue weighted by Gasteiger charge is 2.32. The first-order chi connectivity index (χ1) is 19.3. The minimum atomic E-state index is -4.75. The predicted octanol–water partition coefficient (Wildman–Crippen LogP) is 4.27. The number of hydrogen-bond acceptors (Lipinski definition) is 7. The van der Waals surface area contributed by atoms with Gasteiger partial charge in [0.05, 0.1) is 24.8 Å². The Bertz CT molecular complexity index is 1220. The van der Waals surface area contributed by atoms with Gasteiger partial charge < -0.3 is 20.5 Å². The molecule has 3 N–H and O–H groups in total. The van der Waals surface area contributed by atoms with Crippen LogP contribution in [0.1, 0.15) is 49.8 Å². The van der Waals surface area contributed by atoms with Crippen LogP contribution in [0.15, 0.2) is 42.5 Å². The Hall–Kier alpha value is -2.74. The Morgan fingerprint density at radius 1 is 1.07 bits per heavy atom. The summed E-state index contributed by atoms with van der Waals surface area (Å²) in [6, 6.07) is 8.31.